The van der Waals surface area contributed by atoms with Crippen molar-refractivity contribution >= 4 is 30.3 Å². The smallest absolute Gasteiger partial charge is 0.230 e. The second-order valence-electron chi connectivity index (χ2n) is 4.72. The highest BCUT2D eigenvalue weighted by Crippen LogP contribution is 2.25. The summed E-state index contributed by atoms with van der Waals surface area (Å²) >= 11 is 5.71. The Hall–Kier alpha value is -0.850. The lowest BCUT2D eigenvalue weighted by Crippen LogP contribution is -2.39. The van der Waals surface area contributed by atoms with Gasteiger partial charge in [0.2, 0.25) is 5.91 Å². The summed E-state index contributed by atoms with van der Waals surface area (Å²) in [6, 6.07) is 5.57. The number of benzene rings is 1. The fourth-order valence-corrected chi connectivity index (χ4v) is 3.27. The van der Waals surface area contributed by atoms with E-state index in [1.54, 1.807) is 17.8 Å². The molecule has 0 radical (unpaired) electrons. The molecule has 0 saturated heterocycles. The van der Waals surface area contributed by atoms with Gasteiger partial charge in [-0.05, 0) is 42.0 Å². The number of phenolic OH excluding ortho intramolecular Hbond substituents is 1. The molecule has 0 unspecified atom stereocenters. The van der Waals surface area contributed by atoms with Crippen molar-refractivity contribution in [2.45, 2.75) is 12.5 Å². The van der Waals surface area contributed by atoms with Crippen LogP contribution in [0.15, 0.2) is 18.2 Å². The van der Waals surface area contributed by atoms with Crippen molar-refractivity contribution in [3.8, 4) is 5.75 Å². The molecule has 2 rings (SSSR count). The van der Waals surface area contributed by atoms with Crippen LogP contribution in [0, 0.1) is 0 Å². The Labute approximate surface area is 129 Å². The summed E-state index contributed by atoms with van der Waals surface area (Å²) in [5.41, 5.74) is 2.32. The maximum atomic E-state index is 11.7. The van der Waals surface area contributed by atoms with Gasteiger partial charge in [0.25, 0.3) is 0 Å². The first kappa shape index (κ1) is 15.5. The summed E-state index contributed by atoms with van der Waals surface area (Å²) in [4.78, 5) is 11.7. The van der Waals surface area contributed by atoms with Gasteiger partial charge in [-0.15, -0.1) is 0 Å². The SMILES string of the molecule is O=C(CSCCS)NC[C@H]1NCCc2cc(O)ccc21. The Morgan fingerprint density at radius 2 is 2.40 bits per heavy atom. The van der Waals surface area contributed by atoms with Crippen molar-refractivity contribution in [3.63, 3.8) is 0 Å². The van der Waals surface area contributed by atoms with Gasteiger partial charge in [-0.25, -0.2) is 0 Å². The predicted octanol–water partition coefficient (Wildman–Crippen LogP) is 1.36. The predicted molar refractivity (Wildman–Crippen MR) is 86.7 cm³/mol. The van der Waals surface area contributed by atoms with Gasteiger partial charge in [0, 0.05) is 18.3 Å². The van der Waals surface area contributed by atoms with Crippen LogP contribution in [-0.2, 0) is 11.2 Å². The largest absolute Gasteiger partial charge is 0.508 e. The fraction of sp³-hybridized carbons (Fsp3) is 0.500. The Morgan fingerprint density at radius 3 is 3.20 bits per heavy atom. The number of hydrogen-bond donors (Lipinski definition) is 4. The van der Waals surface area contributed by atoms with Crippen LogP contribution in [0.5, 0.6) is 5.75 Å². The Kier molecular flexibility index (Phi) is 6.06. The van der Waals surface area contributed by atoms with Gasteiger partial charge in [0.05, 0.1) is 5.75 Å². The monoisotopic (exact) mass is 312 g/mol. The topological polar surface area (TPSA) is 61.4 Å². The first-order valence-electron chi connectivity index (χ1n) is 6.71. The molecular formula is C14H20N2O2S2. The number of carbonyl (C=O) groups is 1. The average molecular weight is 312 g/mol. The minimum Gasteiger partial charge on any atom is -0.508 e. The molecule has 0 bridgehead atoms. The third-order valence-corrected chi connectivity index (χ3v) is 4.74. The zero-order valence-electron chi connectivity index (χ0n) is 11.3. The van der Waals surface area contributed by atoms with Gasteiger partial charge >= 0.3 is 0 Å². The number of hydrogen-bond acceptors (Lipinski definition) is 5. The van der Waals surface area contributed by atoms with E-state index in [9.17, 15) is 9.90 Å². The number of fused-ring (bicyclic) bond motifs is 1. The number of thiol groups is 1. The van der Waals surface area contributed by atoms with Crippen LogP contribution in [0.4, 0.5) is 0 Å². The number of amides is 1. The zero-order chi connectivity index (χ0) is 14.4. The van der Waals surface area contributed by atoms with E-state index >= 15 is 0 Å². The van der Waals surface area contributed by atoms with Crippen LogP contribution >= 0.6 is 24.4 Å². The first-order chi connectivity index (χ1) is 9.70. The summed E-state index contributed by atoms with van der Waals surface area (Å²) in [5, 5.41) is 15.9. The van der Waals surface area contributed by atoms with Crippen molar-refractivity contribution < 1.29 is 9.90 Å². The van der Waals surface area contributed by atoms with Crippen LogP contribution in [0.1, 0.15) is 17.2 Å². The van der Waals surface area contributed by atoms with Gasteiger partial charge in [0.1, 0.15) is 5.75 Å². The number of rotatable bonds is 6. The van der Waals surface area contributed by atoms with E-state index in [-0.39, 0.29) is 11.9 Å². The lowest BCUT2D eigenvalue weighted by atomic mass is 9.94. The Bertz CT molecular complexity index is 468. The summed E-state index contributed by atoms with van der Waals surface area (Å²) in [6.07, 6.45) is 0.909. The van der Waals surface area contributed by atoms with Crippen LogP contribution in [-0.4, -0.2) is 41.4 Å². The van der Waals surface area contributed by atoms with Gasteiger partial charge in [-0.2, -0.15) is 24.4 Å². The van der Waals surface area contributed by atoms with Crippen molar-refractivity contribution in [1.82, 2.24) is 10.6 Å². The summed E-state index contributed by atoms with van der Waals surface area (Å²) in [7, 11) is 0. The molecule has 0 fully saturated rings. The molecule has 110 valence electrons. The molecule has 0 aliphatic carbocycles. The molecule has 0 spiro atoms. The lowest BCUT2D eigenvalue weighted by Gasteiger charge is -2.27. The zero-order valence-corrected chi connectivity index (χ0v) is 13.0. The minimum absolute atomic E-state index is 0.0597. The van der Waals surface area contributed by atoms with Gasteiger partial charge in [-0.3, -0.25) is 4.79 Å². The Balaban J connectivity index is 1.87. The molecule has 0 saturated carbocycles. The number of nitrogens with one attached hydrogen (secondary N) is 2. The Morgan fingerprint density at radius 1 is 1.55 bits per heavy atom. The summed E-state index contributed by atoms with van der Waals surface area (Å²) in [6.45, 7) is 1.45. The molecule has 20 heavy (non-hydrogen) atoms. The highest BCUT2D eigenvalue weighted by Gasteiger charge is 2.20. The van der Waals surface area contributed by atoms with Crippen LogP contribution in [0.3, 0.4) is 0 Å². The molecule has 1 heterocycles. The van der Waals surface area contributed by atoms with E-state index < -0.39 is 0 Å². The van der Waals surface area contributed by atoms with E-state index in [0.717, 1.165) is 35.6 Å². The van der Waals surface area contributed by atoms with Crippen molar-refractivity contribution in [2.75, 3.05) is 30.3 Å². The standard InChI is InChI=1S/C14H20N2O2S2/c17-11-1-2-12-10(7-11)3-4-15-13(12)8-16-14(18)9-20-6-5-19/h1-2,7,13,15,17,19H,3-6,8-9H2,(H,16,18)/t13-/m1/s1. The van der Waals surface area contributed by atoms with Crippen LogP contribution in [0.25, 0.3) is 0 Å². The molecule has 1 aliphatic heterocycles. The molecule has 1 aromatic carbocycles. The maximum absolute atomic E-state index is 11.7. The number of thioether (sulfide) groups is 1. The van der Waals surface area contributed by atoms with Crippen molar-refractivity contribution in [1.29, 1.82) is 0 Å². The molecule has 6 heteroatoms. The van der Waals surface area contributed by atoms with E-state index in [2.05, 4.69) is 23.3 Å². The van der Waals surface area contributed by atoms with Crippen molar-refractivity contribution in [2.24, 2.45) is 0 Å². The normalized spacial score (nSPS) is 17.6. The second-order valence-corrected chi connectivity index (χ2v) is 6.27. The minimum atomic E-state index is 0.0597. The number of phenols is 1. The maximum Gasteiger partial charge on any atom is 0.230 e. The van der Waals surface area contributed by atoms with E-state index in [1.165, 1.54) is 0 Å². The highest BCUT2D eigenvalue weighted by atomic mass is 32.2. The van der Waals surface area contributed by atoms with Gasteiger partial charge < -0.3 is 15.7 Å². The lowest BCUT2D eigenvalue weighted by molar-refractivity contribution is -0.118. The fourth-order valence-electron chi connectivity index (χ4n) is 2.32. The molecule has 1 atom stereocenters. The third kappa shape index (κ3) is 4.33. The van der Waals surface area contributed by atoms with E-state index in [0.29, 0.717) is 18.0 Å². The summed E-state index contributed by atoms with van der Waals surface area (Å²) < 4.78 is 0. The van der Waals surface area contributed by atoms with Crippen molar-refractivity contribution in [3.05, 3.63) is 29.3 Å². The summed E-state index contributed by atoms with van der Waals surface area (Å²) in [5.74, 6) is 2.52. The van der Waals surface area contributed by atoms with Gasteiger partial charge in [-0.1, -0.05) is 6.07 Å². The molecule has 1 aromatic rings. The first-order valence-corrected chi connectivity index (χ1v) is 8.50. The van der Waals surface area contributed by atoms with Crippen LogP contribution in [0.2, 0.25) is 0 Å². The molecule has 1 amide bonds. The average Bonchev–Trinajstić information content (AvgIpc) is 2.45. The molecule has 3 N–H and O–H groups in total. The van der Waals surface area contributed by atoms with Gasteiger partial charge in [0.15, 0.2) is 0 Å². The van der Waals surface area contributed by atoms with E-state index in [1.807, 2.05) is 12.1 Å². The van der Waals surface area contributed by atoms with E-state index in [4.69, 9.17) is 0 Å². The molecule has 1 aliphatic rings. The number of carbonyl (C=O) groups excluding carboxylic acids is 1. The highest BCUT2D eigenvalue weighted by molar-refractivity contribution is 8.00. The molecule has 0 aromatic heterocycles. The molecule has 4 nitrogen and oxygen atoms in total. The second kappa shape index (κ2) is 7.81. The molecular weight excluding hydrogens is 292 g/mol. The third-order valence-electron chi connectivity index (χ3n) is 3.26. The number of aromatic hydroxyl groups is 1. The quantitative estimate of drug-likeness (QED) is 0.473. The van der Waals surface area contributed by atoms with Crippen LogP contribution < -0.4 is 10.6 Å².